The van der Waals surface area contributed by atoms with Gasteiger partial charge < -0.3 is 19.7 Å². The van der Waals surface area contributed by atoms with Crippen molar-refractivity contribution in [1.82, 2.24) is 9.78 Å². The second kappa shape index (κ2) is 9.87. The fraction of sp³-hybridized carbons (Fsp3) is 0.346. The largest absolute Gasteiger partial charge is 0.465 e. The van der Waals surface area contributed by atoms with Gasteiger partial charge in [0.05, 0.1) is 54.6 Å². The van der Waals surface area contributed by atoms with Crippen molar-refractivity contribution in [3.63, 3.8) is 0 Å². The molecule has 0 radical (unpaired) electrons. The molecular formula is C26H29FN4O4. The lowest BCUT2D eigenvalue weighted by Gasteiger charge is -2.30. The number of anilines is 2. The number of amides is 1. The summed E-state index contributed by atoms with van der Waals surface area (Å²) in [5.41, 5.74) is 2.70. The number of halogens is 1. The van der Waals surface area contributed by atoms with E-state index in [1.807, 2.05) is 20.8 Å². The van der Waals surface area contributed by atoms with Gasteiger partial charge in [0.1, 0.15) is 5.82 Å². The smallest absolute Gasteiger partial charge is 0.340 e. The molecular weight excluding hydrogens is 451 g/mol. The SMILES string of the molecule is COC(=O)c1cc(NC(=O)c2cnn(C(C)(C)C)c2-c2ccc(F)cc2)ccc1N1CCOCC1. The third-order valence-electron chi connectivity index (χ3n) is 5.78. The number of esters is 1. The zero-order valence-corrected chi connectivity index (χ0v) is 20.3. The molecule has 0 unspecified atom stereocenters. The van der Waals surface area contributed by atoms with Gasteiger partial charge in [-0.05, 0) is 63.2 Å². The zero-order valence-electron chi connectivity index (χ0n) is 20.3. The molecule has 1 aromatic heterocycles. The van der Waals surface area contributed by atoms with Gasteiger partial charge in [-0.3, -0.25) is 9.48 Å². The van der Waals surface area contributed by atoms with E-state index >= 15 is 0 Å². The minimum Gasteiger partial charge on any atom is -0.465 e. The first-order valence-corrected chi connectivity index (χ1v) is 11.4. The molecule has 1 aliphatic rings. The fourth-order valence-electron chi connectivity index (χ4n) is 4.07. The predicted octanol–water partition coefficient (Wildman–Crippen LogP) is 4.32. The number of hydrogen-bond donors (Lipinski definition) is 1. The molecule has 4 rings (SSSR count). The summed E-state index contributed by atoms with van der Waals surface area (Å²) in [5, 5.41) is 7.33. The third-order valence-corrected chi connectivity index (χ3v) is 5.78. The van der Waals surface area contributed by atoms with Crippen molar-refractivity contribution in [2.24, 2.45) is 0 Å². The molecule has 0 saturated carbocycles. The summed E-state index contributed by atoms with van der Waals surface area (Å²) in [6.45, 7) is 8.38. The lowest BCUT2D eigenvalue weighted by Crippen LogP contribution is -2.37. The van der Waals surface area contributed by atoms with E-state index in [-0.39, 0.29) is 5.82 Å². The van der Waals surface area contributed by atoms with E-state index in [1.165, 1.54) is 25.4 Å². The van der Waals surface area contributed by atoms with Gasteiger partial charge in [-0.2, -0.15) is 5.10 Å². The van der Waals surface area contributed by atoms with Crippen molar-refractivity contribution >= 4 is 23.3 Å². The molecule has 0 spiro atoms. The summed E-state index contributed by atoms with van der Waals surface area (Å²) in [6.07, 6.45) is 1.50. The molecule has 9 heteroatoms. The number of morpholine rings is 1. The number of methoxy groups -OCH3 is 1. The maximum absolute atomic E-state index is 13.6. The van der Waals surface area contributed by atoms with Crippen molar-refractivity contribution in [3.8, 4) is 11.3 Å². The summed E-state index contributed by atoms with van der Waals surface area (Å²) in [5.74, 6) is -1.25. The Bertz CT molecular complexity index is 1230. The minimum atomic E-state index is -0.491. The van der Waals surface area contributed by atoms with E-state index in [4.69, 9.17) is 9.47 Å². The number of hydrogen-bond acceptors (Lipinski definition) is 6. The first-order chi connectivity index (χ1) is 16.7. The van der Waals surface area contributed by atoms with Crippen LogP contribution in [0.25, 0.3) is 11.3 Å². The van der Waals surface area contributed by atoms with Crippen LogP contribution in [-0.4, -0.2) is 55.1 Å². The minimum absolute atomic E-state index is 0.336. The second-order valence-electron chi connectivity index (χ2n) is 9.27. The quantitative estimate of drug-likeness (QED) is 0.548. The maximum Gasteiger partial charge on any atom is 0.340 e. The molecule has 184 valence electrons. The molecule has 2 aromatic carbocycles. The number of ether oxygens (including phenoxy) is 2. The topological polar surface area (TPSA) is 85.7 Å². The molecule has 1 saturated heterocycles. The lowest BCUT2D eigenvalue weighted by atomic mass is 10.0. The molecule has 35 heavy (non-hydrogen) atoms. The summed E-state index contributed by atoms with van der Waals surface area (Å²) >= 11 is 0. The van der Waals surface area contributed by atoms with E-state index in [1.54, 1.807) is 35.0 Å². The van der Waals surface area contributed by atoms with Crippen LogP contribution in [0.4, 0.5) is 15.8 Å². The highest BCUT2D eigenvalue weighted by atomic mass is 19.1. The molecule has 2 heterocycles. The standard InChI is InChI=1S/C26H29FN4O4/c1-26(2,3)31-23(17-5-7-18(27)8-6-17)21(16-28-31)24(32)29-19-9-10-22(20(15-19)25(33)34-4)30-11-13-35-14-12-30/h5-10,15-16H,11-14H2,1-4H3,(H,29,32). The predicted molar refractivity (Wildman–Crippen MR) is 131 cm³/mol. The van der Waals surface area contributed by atoms with Crippen LogP contribution in [0.15, 0.2) is 48.7 Å². The van der Waals surface area contributed by atoms with E-state index < -0.39 is 17.4 Å². The number of carbonyl (C=O) groups is 2. The van der Waals surface area contributed by atoms with Crippen LogP contribution in [0.5, 0.6) is 0 Å². The van der Waals surface area contributed by atoms with Crippen molar-refractivity contribution in [3.05, 3.63) is 65.6 Å². The van der Waals surface area contributed by atoms with Gasteiger partial charge in [-0.25, -0.2) is 9.18 Å². The Kier molecular flexibility index (Phi) is 6.88. The normalized spacial score (nSPS) is 14.0. The van der Waals surface area contributed by atoms with Gasteiger partial charge >= 0.3 is 5.97 Å². The van der Waals surface area contributed by atoms with E-state index in [2.05, 4.69) is 15.3 Å². The highest BCUT2D eigenvalue weighted by molar-refractivity contribution is 6.09. The van der Waals surface area contributed by atoms with E-state index in [0.717, 1.165) is 5.69 Å². The highest BCUT2D eigenvalue weighted by Gasteiger charge is 2.26. The maximum atomic E-state index is 13.6. The van der Waals surface area contributed by atoms with Crippen molar-refractivity contribution in [2.75, 3.05) is 43.6 Å². The fourth-order valence-corrected chi connectivity index (χ4v) is 4.07. The van der Waals surface area contributed by atoms with E-state index in [9.17, 15) is 14.0 Å². The molecule has 1 amide bonds. The first kappa shape index (κ1) is 24.4. The van der Waals surface area contributed by atoms with Gasteiger partial charge in [0, 0.05) is 24.3 Å². The summed E-state index contributed by atoms with van der Waals surface area (Å²) < 4.78 is 25.7. The Morgan fingerprint density at radius 2 is 1.74 bits per heavy atom. The van der Waals surface area contributed by atoms with Crippen molar-refractivity contribution < 1.29 is 23.5 Å². The average molecular weight is 481 g/mol. The molecule has 0 bridgehead atoms. The Morgan fingerprint density at radius 1 is 1.06 bits per heavy atom. The van der Waals surface area contributed by atoms with Gasteiger partial charge in [0.25, 0.3) is 5.91 Å². The van der Waals surface area contributed by atoms with E-state index in [0.29, 0.717) is 54.4 Å². The van der Waals surface area contributed by atoms with Gasteiger partial charge in [0.15, 0.2) is 0 Å². The van der Waals surface area contributed by atoms with Crippen LogP contribution in [-0.2, 0) is 15.0 Å². The van der Waals surface area contributed by atoms with Crippen LogP contribution in [0.3, 0.4) is 0 Å². The van der Waals surface area contributed by atoms with Crippen LogP contribution in [0.1, 0.15) is 41.5 Å². The molecule has 1 N–H and O–H groups in total. The molecule has 3 aromatic rings. The van der Waals surface area contributed by atoms with Crippen LogP contribution in [0.2, 0.25) is 0 Å². The zero-order chi connectivity index (χ0) is 25.2. The third kappa shape index (κ3) is 5.19. The van der Waals surface area contributed by atoms with Crippen LogP contribution < -0.4 is 10.2 Å². The van der Waals surface area contributed by atoms with Crippen LogP contribution >= 0.6 is 0 Å². The number of nitrogens with one attached hydrogen (secondary N) is 1. The summed E-state index contributed by atoms with van der Waals surface area (Å²) in [4.78, 5) is 28.0. The average Bonchev–Trinajstić information content (AvgIpc) is 3.31. The number of rotatable bonds is 5. The Morgan fingerprint density at radius 3 is 2.37 bits per heavy atom. The Labute approximate surface area is 203 Å². The molecule has 1 fully saturated rings. The Hall–Kier alpha value is -3.72. The monoisotopic (exact) mass is 480 g/mol. The highest BCUT2D eigenvalue weighted by Crippen LogP contribution is 2.31. The number of carbonyl (C=O) groups excluding carboxylic acids is 2. The molecule has 1 aliphatic heterocycles. The van der Waals surface area contributed by atoms with Gasteiger partial charge in [0.2, 0.25) is 0 Å². The Balaban J connectivity index is 1.69. The number of aromatic nitrogens is 2. The number of benzene rings is 2. The van der Waals surface area contributed by atoms with Gasteiger partial charge in [-0.1, -0.05) is 0 Å². The molecule has 0 aliphatic carbocycles. The molecule has 0 atom stereocenters. The van der Waals surface area contributed by atoms with Crippen LogP contribution in [0, 0.1) is 5.82 Å². The lowest BCUT2D eigenvalue weighted by molar-refractivity contribution is 0.0600. The summed E-state index contributed by atoms with van der Waals surface area (Å²) in [7, 11) is 1.33. The van der Waals surface area contributed by atoms with Crippen molar-refractivity contribution in [1.29, 1.82) is 0 Å². The van der Waals surface area contributed by atoms with Crippen molar-refractivity contribution in [2.45, 2.75) is 26.3 Å². The first-order valence-electron chi connectivity index (χ1n) is 11.4. The van der Waals surface area contributed by atoms with Gasteiger partial charge in [-0.15, -0.1) is 0 Å². The number of nitrogens with zero attached hydrogens (tertiary/aromatic N) is 3. The summed E-state index contributed by atoms with van der Waals surface area (Å²) in [6, 6.07) is 11.1. The molecule has 8 nitrogen and oxygen atoms in total. The second-order valence-corrected chi connectivity index (χ2v) is 9.27.